The number of hydrogen-bond donors (Lipinski definition) is 0. The van der Waals surface area contributed by atoms with E-state index in [1.807, 2.05) is 12.1 Å². The van der Waals surface area contributed by atoms with Crippen LogP contribution < -0.4 is 4.18 Å². The van der Waals surface area contributed by atoms with Crippen molar-refractivity contribution in [1.82, 2.24) is 0 Å². The van der Waals surface area contributed by atoms with Gasteiger partial charge in [0.25, 0.3) is 0 Å². The maximum absolute atomic E-state index is 12.1. The maximum Gasteiger partial charge on any atom is 0.339 e. The monoisotopic (exact) mass is 354 g/mol. The topological polar surface area (TPSA) is 43.4 Å². The van der Waals surface area contributed by atoms with Crippen LogP contribution in [0, 0.1) is 0 Å². The van der Waals surface area contributed by atoms with Crippen LogP contribution in [0.15, 0.2) is 57.9 Å². The first-order valence-corrected chi connectivity index (χ1v) is 8.38. The summed E-state index contributed by atoms with van der Waals surface area (Å²) in [5.41, 5.74) is 1.14. The first-order valence-electron chi connectivity index (χ1n) is 6.18. The highest BCUT2D eigenvalue weighted by molar-refractivity contribution is 9.10. The van der Waals surface area contributed by atoms with Crippen molar-refractivity contribution in [3.63, 3.8) is 0 Å². The third kappa shape index (κ3) is 3.61. The van der Waals surface area contributed by atoms with E-state index in [0.29, 0.717) is 11.7 Å². The van der Waals surface area contributed by atoms with Crippen LogP contribution in [0.4, 0.5) is 0 Å². The number of hydrogen-bond acceptors (Lipinski definition) is 3. The molecule has 0 aromatic heterocycles. The summed E-state index contributed by atoms with van der Waals surface area (Å²) in [6.07, 6.45) is 0. The van der Waals surface area contributed by atoms with Crippen LogP contribution in [-0.4, -0.2) is 8.42 Å². The number of rotatable bonds is 4. The predicted octanol–water partition coefficient (Wildman–Crippen LogP) is 4.34. The van der Waals surface area contributed by atoms with E-state index in [9.17, 15) is 8.42 Å². The summed E-state index contributed by atoms with van der Waals surface area (Å²) in [6.45, 7) is 4.16. The third-order valence-electron chi connectivity index (χ3n) is 2.86. The molecule has 0 heterocycles. The van der Waals surface area contributed by atoms with Crippen molar-refractivity contribution in [2.75, 3.05) is 0 Å². The molecule has 0 aliphatic carbocycles. The molecule has 2 aromatic rings. The van der Waals surface area contributed by atoms with Gasteiger partial charge in [0.05, 0.1) is 0 Å². The molecule has 0 atom stereocenters. The SMILES string of the molecule is CC(C)c1ccc(OS(=O)(=O)c2ccc(Br)cc2)cc1. The predicted molar refractivity (Wildman–Crippen MR) is 82.5 cm³/mol. The summed E-state index contributed by atoms with van der Waals surface area (Å²) in [7, 11) is -3.78. The van der Waals surface area contributed by atoms with Crippen LogP contribution in [0.25, 0.3) is 0 Å². The van der Waals surface area contributed by atoms with Crippen LogP contribution in [0.5, 0.6) is 5.75 Å². The van der Waals surface area contributed by atoms with Crippen LogP contribution in [-0.2, 0) is 10.1 Å². The lowest BCUT2D eigenvalue weighted by molar-refractivity contribution is 0.486. The third-order valence-corrected chi connectivity index (χ3v) is 4.65. The molecular weight excluding hydrogens is 340 g/mol. The van der Waals surface area contributed by atoms with Gasteiger partial charge >= 0.3 is 10.1 Å². The van der Waals surface area contributed by atoms with Crippen LogP contribution >= 0.6 is 15.9 Å². The fraction of sp³-hybridized carbons (Fsp3) is 0.200. The molecule has 0 aliphatic heterocycles. The van der Waals surface area contributed by atoms with Crippen molar-refractivity contribution in [2.45, 2.75) is 24.7 Å². The molecule has 0 amide bonds. The van der Waals surface area contributed by atoms with Gasteiger partial charge in [0.15, 0.2) is 0 Å². The zero-order chi connectivity index (χ0) is 14.8. The summed E-state index contributed by atoms with van der Waals surface area (Å²) < 4.78 is 30.1. The molecule has 0 unspecified atom stereocenters. The van der Waals surface area contributed by atoms with Crippen LogP contribution in [0.1, 0.15) is 25.3 Å². The minimum atomic E-state index is -3.78. The molecule has 3 nitrogen and oxygen atoms in total. The van der Waals surface area contributed by atoms with Crippen molar-refractivity contribution in [3.8, 4) is 5.75 Å². The zero-order valence-electron chi connectivity index (χ0n) is 11.2. The molecule has 20 heavy (non-hydrogen) atoms. The van der Waals surface area contributed by atoms with Crippen LogP contribution in [0.3, 0.4) is 0 Å². The Kier molecular flexibility index (Phi) is 4.50. The second-order valence-electron chi connectivity index (χ2n) is 4.72. The molecule has 0 fully saturated rings. The molecule has 0 saturated carbocycles. The Balaban J connectivity index is 2.22. The molecule has 5 heteroatoms. The van der Waals surface area contributed by atoms with E-state index in [1.165, 1.54) is 12.1 Å². The van der Waals surface area contributed by atoms with Gasteiger partial charge in [-0.25, -0.2) is 0 Å². The average Bonchev–Trinajstić information content (AvgIpc) is 2.39. The molecule has 0 bridgehead atoms. The second-order valence-corrected chi connectivity index (χ2v) is 7.18. The smallest absolute Gasteiger partial charge is 0.339 e. The Hall–Kier alpha value is -1.33. The Morgan fingerprint density at radius 2 is 1.50 bits per heavy atom. The largest absolute Gasteiger partial charge is 0.379 e. The van der Waals surface area contributed by atoms with Gasteiger partial charge in [0, 0.05) is 4.47 Å². The second kappa shape index (κ2) is 5.97. The Morgan fingerprint density at radius 3 is 2.00 bits per heavy atom. The summed E-state index contributed by atoms with van der Waals surface area (Å²) in [5.74, 6) is 0.712. The first-order chi connectivity index (χ1) is 9.38. The van der Waals surface area contributed by atoms with E-state index in [1.54, 1.807) is 24.3 Å². The summed E-state index contributed by atoms with van der Waals surface area (Å²) in [4.78, 5) is 0.133. The molecule has 0 N–H and O–H groups in total. The van der Waals surface area contributed by atoms with Gasteiger partial charge in [-0.15, -0.1) is 0 Å². The van der Waals surface area contributed by atoms with E-state index in [0.717, 1.165) is 10.0 Å². The van der Waals surface area contributed by atoms with Gasteiger partial charge in [-0.1, -0.05) is 41.9 Å². The Bertz CT molecular complexity index is 674. The Labute approximate surface area is 127 Å². The average molecular weight is 355 g/mol. The van der Waals surface area contributed by atoms with Crippen molar-refractivity contribution in [2.24, 2.45) is 0 Å². The summed E-state index contributed by atoms with van der Waals surface area (Å²) in [6, 6.07) is 13.4. The lowest BCUT2D eigenvalue weighted by Crippen LogP contribution is -2.09. The number of benzene rings is 2. The molecular formula is C15H15BrO3S. The molecule has 2 aromatic carbocycles. The van der Waals surface area contributed by atoms with Gasteiger partial charge in [-0.3, -0.25) is 0 Å². The first kappa shape index (κ1) is 15.1. The van der Waals surface area contributed by atoms with Crippen LogP contribution in [0.2, 0.25) is 0 Å². The number of halogens is 1. The highest BCUT2D eigenvalue weighted by Gasteiger charge is 2.16. The quantitative estimate of drug-likeness (QED) is 0.767. The van der Waals surface area contributed by atoms with E-state index in [4.69, 9.17) is 4.18 Å². The molecule has 106 valence electrons. The van der Waals surface area contributed by atoms with E-state index < -0.39 is 10.1 Å². The lowest BCUT2D eigenvalue weighted by Gasteiger charge is -2.09. The summed E-state index contributed by atoms with van der Waals surface area (Å²) in [5, 5.41) is 0. The standard InChI is InChI=1S/C15H15BrO3S/c1-11(2)12-3-7-14(8-4-12)19-20(17,18)15-9-5-13(16)6-10-15/h3-11H,1-2H3. The molecule has 0 saturated heterocycles. The summed E-state index contributed by atoms with van der Waals surface area (Å²) >= 11 is 3.26. The van der Waals surface area contributed by atoms with Crippen molar-refractivity contribution < 1.29 is 12.6 Å². The Morgan fingerprint density at radius 1 is 0.950 bits per heavy atom. The van der Waals surface area contributed by atoms with Gasteiger partial charge < -0.3 is 4.18 Å². The minimum Gasteiger partial charge on any atom is -0.379 e. The molecule has 2 rings (SSSR count). The van der Waals surface area contributed by atoms with Crippen molar-refractivity contribution in [3.05, 3.63) is 58.6 Å². The van der Waals surface area contributed by atoms with Gasteiger partial charge in [0.2, 0.25) is 0 Å². The fourth-order valence-electron chi connectivity index (χ4n) is 1.68. The molecule has 0 radical (unpaired) electrons. The van der Waals surface area contributed by atoms with E-state index >= 15 is 0 Å². The van der Waals surface area contributed by atoms with E-state index in [2.05, 4.69) is 29.8 Å². The minimum absolute atomic E-state index is 0.133. The van der Waals surface area contributed by atoms with Gasteiger partial charge in [0.1, 0.15) is 10.6 Å². The molecule has 0 spiro atoms. The fourth-order valence-corrected chi connectivity index (χ4v) is 2.88. The zero-order valence-corrected chi connectivity index (χ0v) is 13.6. The molecule has 0 aliphatic rings. The van der Waals surface area contributed by atoms with E-state index in [-0.39, 0.29) is 4.90 Å². The highest BCUT2D eigenvalue weighted by Crippen LogP contribution is 2.22. The van der Waals surface area contributed by atoms with Gasteiger partial charge in [-0.05, 0) is 47.9 Å². The van der Waals surface area contributed by atoms with Gasteiger partial charge in [-0.2, -0.15) is 8.42 Å². The van der Waals surface area contributed by atoms with Crippen molar-refractivity contribution in [1.29, 1.82) is 0 Å². The maximum atomic E-state index is 12.1. The van der Waals surface area contributed by atoms with Crippen molar-refractivity contribution >= 4 is 26.0 Å². The lowest BCUT2D eigenvalue weighted by atomic mass is 10.0. The normalized spacial score (nSPS) is 11.6. The highest BCUT2D eigenvalue weighted by atomic mass is 79.9.